The van der Waals surface area contributed by atoms with E-state index in [-0.39, 0.29) is 25.0 Å². The number of esters is 1. The average molecular weight is 695 g/mol. The first-order chi connectivity index (χ1) is 24.0. The van der Waals surface area contributed by atoms with Crippen LogP contribution in [0.1, 0.15) is 159 Å². The molecule has 0 unspecified atom stereocenters. The van der Waals surface area contributed by atoms with Gasteiger partial charge in [-0.15, -0.1) is 0 Å². The molecular weight excluding hydrogens is 624 g/mol. The van der Waals surface area contributed by atoms with E-state index in [1.807, 2.05) is 6.92 Å². The molecule has 0 atom stereocenters. The van der Waals surface area contributed by atoms with Gasteiger partial charge in [0.1, 0.15) is 5.75 Å². The highest BCUT2D eigenvalue weighted by atomic mass is 16.5. The zero-order chi connectivity index (χ0) is 36.5. The van der Waals surface area contributed by atoms with E-state index < -0.39 is 5.41 Å². The van der Waals surface area contributed by atoms with E-state index >= 15 is 0 Å². The quantitative estimate of drug-likeness (QED) is 0.0673. The highest BCUT2D eigenvalue weighted by Crippen LogP contribution is 2.45. The van der Waals surface area contributed by atoms with Crippen LogP contribution in [0.5, 0.6) is 5.75 Å². The van der Waals surface area contributed by atoms with Crippen LogP contribution in [0.3, 0.4) is 0 Å². The molecule has 2 aliphatic carbocycles. The molecule has 0 amide bonds. The zero-order valence-corrected chi connectivity index (χ0v) is 32.2. The number of Topliss-reactive ketones (excluding diaryl/α,β-unsaturated/α-hetero) is 1. The number of benzene rings is 1. The van der Waals surface area contributed by atoms with Gasteiger partial charge < -0.3 is 19.7 Å². The Morgan fingerprint density at radius 3 is 1.96 bits per heavy atom. The normalized spacial score (nSPS) is 21.1. The lowest BCUT2D eigenvalue weighted by Crippen LogP contribution is -2.28. The summed E-state index contributed by atoms with van der Waals surface area (Å²) >= 11 is 0. The number of aryl methyl sites for hydroxylation is 2. The summed E-state index contributed by atoms with van der Waals surface area (Å²) in [5.74, 6) is 3.84. The molecule has 6 heteroatoms. The molecule has 0 radical (unpaired) electrons. The SMILES string of the molecule is C=C(C)C(=O)CCCCc1cc(C2CCC(C3CCC(CCCCC)CC3)CC2)cc(CCCOC(=O)C(=C)C)c1OCCC(C)(CO)CO. The minimum absolute atomic E-state index is 0.112. The maximum atomic E-state index is 12.3. The highest BCUT2D eigenvalue weighted by molar-refractivity contribution is 5.94. The van der Waals surface area contributed by atoms with Gasteiger partial charge in [0.2, 0.25) is 0 Å². The number of ketones is 1. The third-order valence-corrected chi connectivity index (χ3v) is 11.7. The van der Waals surface area contributed by atoms with Crippen molar-refractivity contribution < 1.29 is 29.3 Å². The molecule has 0 spiro atoms. The lowest BCUT2D eigenvalue weighted by Gasteiger charge is -2.38. The number of allylic oxidation sites excluding steroid dienone is 1. The Morgan fingerprint density at radius 2 is 1.40 bits per heavy atom. The van der Waals surface area contributed by atoms with Crippen LogP contribution in [0.2, 0.25) is 0 Å². The molecule has 0 aliphatic heterocycles. The predicted molar refractivity (Wildman–Crippen MR) is 205 cm³/mol. The Labute approximate surface area is 304 Å². The van der Waals surface area contributed by atoms with Gasteiger partial charge in [0, 0.05) is 17.4 Å². The summed E-state index contributed by atoms with van der Waals surface area (Å²) in [6.45, 7) is 15.6. The van der Waals surface area contributed by atoms with Crippen LogP contribution < -0.4 is 4.74 Å². The van der Waals surface area contributed by atoms with Crippen molar-refractivity contribution in [1.82, 2.24) is 0 Å². The molecule has 0 heterocycles. The molecular formula is C44H70O6. The predicted octanol–water partition coefficient (Wildman–Crippen LogP) is 10.0. The smallest absolute Gasteiger partial charge is 0.333 e. The molecule has 2 saturated carbocycles. The van der Waals surface area contributed by atoms with E-state index in [0.29, 0.717) is 56.0 Å². The molecule has 1 aromatic rings. The maximum Gasteiger partial charge on any atom is 0.333 e. The maximum absolute atomic E-state index is 12.3. The van der Waals surface area contributed by atoms with Crippen LogP contribution >= 0.6 is 0 Å². The fraction of sp³-hybridized carbons (Fsp3) is 0.727. The van der Waals surface area contributed by atoms with Gasteiger partial charge in [-0.25, -0.2) is 4.79 Å². The monoisotopic (exact) mass is 695 g/mol. The molecule has 282 valence electrons. The van der Waals surface area contributed by atoms with Crippen molar-refractivity contribution in [2.24, 2.45) is 23.2 Å². The lowest BCUT2D eigenvalue weighted by atomic mass is 9.67. The molecule has 1 aromatic carbocycles. The number of rotatable bonds is 23. The first-order valence-corrected chi connectivity index (χ1v) is 20.0. The Bertz CT molecular complexity index is 1160. The third-order valence-electron chi connectivity index (χ3n) is 11.7. The number of unbranched alkanes of at least 4 members (excludes halogenated alkanes) is 3. The summed E-state index contributed by atoms with van der Waals surface area (Å²) in [4.78, 5) is 24.3. The van der Waals surface area contributed by atoms with Gasteiger partial charge in [-0.1, -0.05) is 77.7 Å². The Kier molecular flexibility index (Phi) is 18.3. The number of hydrogen-bond donors (Lipinski definition) is 2. The second-order valence-corrected chi connectivity index (χ2v) is 16.2. The summed E-state index contributed by atoms with van der Waals surface area (Å²) in [5, 5.41) is 19.8. The van der Waals surface area contributed by atoms with E-state index in [2.05, 4.69) is 32.2 Å². The third kappa shape index (κ3) is 13.6. The molecule has 2 fully saturated rings. The van der Waals surface area contributed by atoms with Gasteiger partial charge in [-0.05, 0) is 137 Å². The summed E-state index contributed by atoms with van der Waals surface area (Å²) in [7, 11) is 0. The van der Waals surface area contributed by atoms with Crippen LogP contribution in [0.25, 0.3) is 0 Å². The van der Waals surface area contributed by atoms with Gasteiger partial charge in [0.05, 0.1) is 26.4 Å². The highest BCUT2D eigenvalue weighted by Gasteiger charge is 2.32. The van der Waals surface area contributed by atoms with Gasteiger partial charge in [0.15, 0.2) is 5.78 Å². The molecule has 50 heavy (non-hydrogen) atoms. The standard InChI is InChI=1S/C44H70O6/c1-7-8-9-13-34-17-19-35(20-18-34)36-21-23-37(24-22-36)40-28-38(14-10-11-16-41(47)32(2)3)42(49-27-25-44(6,30-45)31-46)39(29-40)15-12-26-50-43(48)33(4)5/h28-29,34-37,45-46H,2,4,7-27,30-31H2,1,3,5-6H3. The minimum Gasteiger partial charge on any atom is -0.493 e. The fourth-order valence-corrected chi connectivity index (χ4v) is 8.10. The number of ether oxygens (including phenoxy) is 2. The first kappa shape index (κ1) is 42.0. The minimum atomic E-state index is -0.618. The van der Waals surface area contributed by atoms with E-state index in [9.17, 15) is 19.8 Å². The average Bonchev–Trinajstić information content (AvgIpc) is 3.12. The number of carbonyl (C=O) groups is 2. The van der Waals surface area contributed by atoms with E-state index in [1.54, 1.807) is 13.8 Å². The molecule has 2 N–H and O–H groups in total. The number of carbonyl (C=O) groups excluding carboxylic acids is 2. The van der Waals surface area contributed by atoms with Crippen LogP contribution in [0, 0.1) is 23.2 Å². The van der Waals surface area contributed by atoms with Gasteiger partial charge >= 0.3 is 5.97 Å². The topological polar surface area (TPSA) is 93.1 Å². The van der Waals surface area contributed by atoms with Crippen molar-refractivity contribution in [3.05, 3.63) is 53.1 Å². The Hall–Kier alpha value is -2.44. The lowest BCUT2D eigenvalue weighted by molar-refractivity contribution is -0.139. The van der Waals surface area contributed by atoms with Crippen molar-refractivity contribution in [2.45, 2.75) is 156 Å². The molecule has 0 saturated heterocycles. The van der Waals surface area contributed by atoms with Crippen molar-refractivity contribution >= 4 is 11.8 Å². The van der Waals surface area contributed by atoms with Gasteiger partial charge in [-0.2, -0.15) is 0 Å². The summed E-state index contributed by atoms with van der Waals surface area (Å²) < 4.78 is 12.0. The largest absolute Gasteiger partial charge is 0.493 e. The van der Waals surface area contributed by atoms with Crippen LogP contribution in [0.4, 0.5) is 0 Å². The van der Waals surface area contributed by atoms with Crippen molar-refractivity contribution in [3.63, 3.8) is 0 Å². The van der Waals surface area contributed by atoms with E-state index in [1.165, 1.54) is 82.6 Å². The second-order valence-electron chi connectivity index (χ2n) is 16.2. The molecule has 2 aliphatic rings. The van der Waals surface area contributed by atoms with Gasteiger partial charge in [0.25, 0.3) is 0 Å². The second kappa shape index (κ2) is 21.8. The van der Waals surface area contributed by atoms with E-state index in [4.69, 9.17) is 9.47 Å². The Balaban J connectivity index is 1.77. The van der Waals surface area contributed by atoms with Crippen molar-refractivity contribution in [2.75, 3.05) is 26.4 Å². The molecule has 0 aromatic heterocycles. The molecule has 6 nitrogen and oxygen atoms in total. The molecule has 0 bridgehead atoms. The van der Waals surface area contributed by atoms with Crippen molar-refractivity contribution in [3.8, 4) is 5.75 Å². The number of hydrogen-bond acceptors (Lipinski definition) is 6. The van der Waals surface area contributed by atoms with E-state index in [0.717, 1.165) is 53.9 Å². The number of aliphatic hydroxyl groups excluding tert-OH is 2. The zero-order valence-electron chi connectivity index (χ0n) is 32.2. The fourth-order valence-electron chi connectivity index (χ4n) is 8.10. The summed E-state index contributed by atoms with van der Waals surface area (Å²) in [6.07, 6.45) is 21.1. The summed E-state index contributed by atoms with van der Waals surface area (Å²) in [6, 6.07) is 4.71. The molecule has 3 rings (SSSR count). The van der Waals surface area contributed by atoms with Crippen molar-refractivity contribution in [1.29, 1.82) is 0 Å². The first-order valence-electron chi connectivity index (χ1n) is 20.0. The van der Waals surface area contributed by atoms with Crippen LogP contribution in [-0.4, -0.2) is 48.4 Å². The number of aliphatic hydroxyl groups is 2. The Morgan fingerprint density at radius 1 is 0.800 bits per heavy atom. The van der Waals surface area contributed by atoms with Crippen LogP contribution in [0.15, 0.2) is 36.4 Å². The summed E-state index contributed by atoms with van der Waals surface area (Å²) in [5.41, 5.74) is 4.06. The van der Waals surface area contributed by atoms with Crippen LogP contribution in [-0.2, 0) is 27.2 Å². The van der Waals surface area contributed by atoms with Gasteiger partial charge in [-0.3, -0.25) is 4.79 Å².